The number of ether oxygens (including phenoxy) is 2. The standard InChI is InChI=1S/C28H30N4O5S2/c33-26(25(12-21-9-5-2-6-10-21)32-28(35)37-15-24-17-39-19-30-24)13-22(11-20-7-3-1-4-8-20)31-27(34)36-14-23-16-38-18-29-23/h1-10,16-19,22,25-26,33H,11-15H2,(H,31,34)(H,32,35). The molecule has 0 aliphatic rings. The summed E-state index contributed by atoms with van der Waals surface area (Å²) in [5.41, 5.74) is 6.59. The summed E-state index contributed by atoms with van der Waals surface area (Å²) in [5.74, 6) is 0. The molecule has 4 aromatic rings. The molecule has 0 aliphatic carbocycles. The van der Waals surface area contributed by atoms with E-state index in [2.05, 4.69) is 20.6 Å². The van der Waals surface area contributed by atoms with E-state index >= 15 is 0 Å². The van der Waals surface area contributed by atoms with Crippen LogP contribution in [0.4, 0.5) is 9.59 Å². The Bertz CT molecular complexity index is 1260. The Morgan fingerprint density at radius 1 is 0.769 bits per heavy atom. The number of carbonyl (C=O) groups excluding carboxylic acids is 2. The quantitative estimate of drug-likeness (QED) is 0.214. The van der Waals surface area contributed by atoms with E-state index in [4.69, 9.17) is 9.47 Å². The Balaban J connectivity index is 1.42. The van der Waals surface area contributed by atoms with Crippen molar-refractivity contribution >= 4 is 34.9 Å². The lowest BCUT2D eigenvalue weighted by molar-refractivity contribution is 0.0857. The molecule has 2 amide bonds. The molecule has 0 spiro atoms. The van der Waals surface area contributed by atoms with E-state index in [-0.39, 0.29) is 19.6 Å². The van der Waals surface area contributed by atoms with E-state index < -0.39 is 30.4 Å². The summed E-state index contributed by atoms with van der Waals surface area (Å²) >= 11 is 2.84. The summed E-state index contributed by atoms with van der Waals surface area (Å²) in [7, 11) is 0. The lowest BCUT2D eigenvalue weighted by atomic mass is 9.94. The van der Waals surface area contributed by atoms with Gasteiger partial charge in [-0.25, -0.2) is 19.6 Å². The third-order valence-electron chi connectivity index (χ3n) is 5.91. The monoisotopic (exact) mass is 566 g/mol. The Morgan fingerprint density at radius 3 is 1.79 bits per heavy atom. The summed E-state index contributed by atoms with van der Waals surface area (Å²) < 4.78 is 10.7. The van der Waals surface area contributed by atoms with E-state index in [0.717, 1.165) is 11.1 Å². The largest absolute Gasteiger partial charge is 0.443 e. The van der Waals surface area contributed by atoms with Gasteiger partial charge < -0.3 is 25.2 Å². The maximum Gasteiger partial charge on any atom is 0.407 e. The Labute approximate surface area is 234 Å². The maximum atomic E-state index is 12.6. The van der Waals surface area contributed by atoms with E-state index in [9.17, 15) is 14.7 Å². The minimum atomic E-state index is -0.996. The number of amides is 2. The molecule has 0 bridgehead atoms. The number of rotatable bonds is 13. The molecule has 39 heavy (non-hydrogen) atoms. The van der Waals surface area contributed by atoms with Crippen LogP contribution in [0.25, 0.3) is 0 Å². The van der Waals surface area contributed by atoms with Crippen LogP contribution in [0.1, 0.15) is 28.9 Å². The minimum Gasteiger partial charge on any atom is -0.443 e. The molecule has 11 heteroatoms. The lowest BCUT2D eigenvalue weighted by Crippen LogP contribution is -2.48. The summed E-state index contributed by atoms with van der Waals surface area (Å²) in [5, 5.41) is 20.6. The Morgan fingerprint density at radius 2 is 1.28 bits per heavy atom. The van der Waals surface area contributed by atoms with Crippen LogP contribution >= 0.6 is 22.7 Å². The zero-order chi connectivity index (χ0) is 27.3. The van der Waals surface area contributed by atoms with Crippen LogP contribution in [0.15, 0.2) is 82.4 Å². The van der Waals surface area contributed by atoms with Crippen LogP contribution in [-0.4, -0.2) is 45.4 Å². The van der Waals surface area contributed by atoms with Gasteiger partial charge in [-0.15, -0.1) is 22.7 Å². The van der Waals surface area contributed by atoms with Gasteiger partial charge in [-0.05, 0) is 30.4 Å². The van der Waals surface area contributed by atoms with Crippen molar-refractivity contribution in [2.45, 2.75) is 50.7 Å². The normalized spacial score (nSPS) is 13.2. The Kier molecular flexibility index (Phi) is 10.8. The number of benzene rings is 2. The number of carbonyl (C=O) groups is 2. The second-order valence-corrected chi connectivity index (χ2v) is 10.3. The van der Waals surface area contributed by atoms with Crippen LogP contribution in [-0.2, 0) is 35.5 Å². The fourth-order valence-corrected chi connectivity index (χ4v) is 5.08. The molecule has 4 rings (SSSR count). The first-order valence-electron chi connectivity index (χ1n) is 12.4. The molecule has 3 N–H and O–H groups in total. The highest BCUT2D eigenvalue weighted by Crippen LogP contribution is 2.15. The molecule has 9 nitrogen and oxygen atoms in total. The second kappa shape index (κ2) is 15.0. The molecule has 204 valence electrons. The van der Waals surface area contributed by atoms with Crippen molar-refractivity contribution in [3.8, 4) is 0 Å². The molecule has 3 unspecified atom stereocenters. The molecule has 0 fully saturated rings. The van der Waals surface area contributed by atoms with Crippen molar-refractivity contribution in [1.29, 1.82) is 0 Å². The average molecular weight is 567 g/mol. The predicted octanol–water partition coefficient (Wildman–Crippen LogP) is 4.73. The topological polar surface area (TPSA) is 123 Å². The number of aliphatic hydroxyl groups excluding tert-OH is 1. The van der Waals surface area contributed by atoms with E-state index in [1.54, 1.807) is 16.4 Å². The van der Waals surface area contributed by atoms with Crippen LogP contribution in [0.5, 0.6) is 0 Å². The van der Waals surface area contributed by atoms with Crippen LogP contribution < -0.4 is 10.6 Å². The van der Waals surface area contributed by atoms with E-state index in [1.165, 1.54) is 22.7 Å². The molecular weight excluding hydrogens is 536 g/mol. The summed E-state index contributed by atoms with van der Waals surface area (Å²) in [4.78, 5) is 33.5. The fraction of sp³-hybridized carbons (Fsp3) is 0.286. The summed E-state index contributed by atoms with van der Waals surface area (Å²) in [6, 6.07) is 18.1. The first-order valence-corrected chi connectivity index (χ1v) is 14.3. The molecule has 0 radical (unpaired) electrons. The van der Waals surface area contributed by atoms with Gasteiger partial charge in [0.15, 0.2) is 0 Å². The van der Waals surface area contributed by atoms with Gasteiger partial charge in [-0.1, -0.05) is 60.7 Å². The number of aromatic nitrogens is 2. The third kappa shape index (κ3) is 9.78. The van der Waals surface area contributed by atoms with Crippen LogP contribution in [0.3, 0.4) is 0 Å². The van der Waals surface area contributed by atoms with E-state index in [0.29, 0.717) is 24.2 Å². The smallest absolute Gasteiger partial charge is 0.407 e. The highest BCUT2D eigenvalue weighted by Gasteiger charge is 2.27. The van der Waals surface area contributed by atoms with Gasteiger partial charge in [0.2, 0.25) is 0 Å². The molecular formula is C28H30N4O5S2. The Hall–Kier alpha value is -3.80. The zero-order valence-corrected chi connectivity index (χ0v) is 22.8. The lowest BCUT2D eigenvalue weighted by Gasteiger charge is -2.28. The maximum absolute atomic E-state index is 12.6. The van der Waals surface area contributed by atoms with Gasteiger partial charge in [-0.3, -0.25) is 0 Å². The number of alkyl carbamates (subject to hydrolysis) is 2. The highest BCUT2D eigenvalue weighted by atomic mass is 32.1. The van der Waals surface area contributed by atoms with Gasteiger partial charge in [-0.2, -0.15) is 0 Å². The van der Waals surface area contributed by atoms with Crippen molar-refractivity contribution in [1.82, 2.24) is 20.6 Å². The molecule has 2 aromatic carbocycles. The van der Waals surface area contributed by atoms with Crippen molar-refractivity contribution in [2.75, 3.05) is 0 Å². The highest BCUT2D eigenvalue weighted by molar-refractivity contribution is 7.07. The third-order valence-corrected chi connectivity index (χ3v) is 7.18. The van der Waals surface area contributed by atoms with Gasteiger partial charge >= 0.3 is 12.2 Å². The first-order chi connectivity index (χ1) is 19.0. The van der Waals surface area contributed by atoms with Crippen molar-refractivity contribution < 1.29 is 24.2 Å². The minimum absolute atomic E-state index is 0.0342. The van der Waals surface area contributed by atoms with Crippen molar-refractivity contribution in [2.24, 2.45) is 0 Å². The van der Waals surface area contributed by atoms with Crippen LogP contribution in [0.2, 0.25) is 0 Å². The number of aliphatic hydroxyl groups is 1. The fourth-order valence-electron chi connectivity index (χ4n) is 4.00. The summed E-state index contributed by atoms with van der Waals surface area (Å²) in [6.45, 7) is 0.0887. The SMILES string of the molecule is O=C(NC(Cc1ccccc1)CC(O)C(Cc1ccccc1)NC(=O)OCc1cscn1)OCc1cscn1. The number of hydrogen-bond donors (Lipinski definition) is 3. The molecule has 3 atom stereocenters. The number of thiazole rings is 2. The van der Waals surface area contributed by atoms with Gasteiger partial charge in [0.05, 0.1) is 34.6 Å². The molecule has 0 saturated carbocycles. The number of hydrogen-bond acceptors (Lipinski definition) is 9. The summed E-state index contributed by atoms with van der Waals surface area (Å²) in [6.07, 6.45) is -1.24. The second-order valence-electron chi connectivity index (χ2n) is 8.89. The van der Waals surface area contributed by atoms with E-state index in [1.807, 2.05) is 66.0 Å². The molecule has 0 saturated heterocycles. The van der Waals surface area contributed by atoms with Gasteiger partial charge in [0, 0.05) is 16.8 Å². The van der Waals surface area contributed by atoms with Gasteiger partial charge in [0.25, 0.3) is 0 Å². The number of nitrogens with zero attached hydrogens (tertiary/aromatic N) is 2. The van der Waals surface area contributed by atoms with Crippen molar-refractivity contribution in [3.05, 3.63) is 105 Å². The zero-order valence-electron chi connectivity index (χ0n) is 21.1. The molecule has 2 heterocycles. The van der Waals surface area contributed by atoms with Gasteiger partial charge in [0.1, 0.15) is 13.2 Å². The molecule has 0 aliphatic heterocycles. The predicted molar refractivity (Wildman–Crippen MR) is 149 cm³/mol. The van der Waals surface area contributed by atoms with Crippen LogP contribution in [0, 0.1) is 0 Å². The number of nitrogens with one attached hydrogen (secondary N) is 2. The first kappa shape index (κ1) is 28.2. The average Bonchev–Trinajstić information content (AvgIpc) is 3.66. The molecule has 2 aromatic heterocycles. The van der Waals surface area contributed by atoms with Crippen molar-refractivity contribution in [3.63, 3.8) is 0 Å².